The van der Waals surface area contributed by atoms with Gasteiger partial charge in [-0.3, -0.25) is 0 Å². The molecule has 3 heterocycles. The van der Waals surface area contributed by atoms with E-state index in [1.807, 2.05) is 0 Å². The van der Waals surface area contributed by atoms with Crippen molar-refractivity contribution in [1.29, 1.82) is 0 Å². The molecule has 0 aliphatic carbocycles. The van der Waals surface area contributed by atoms with Crippen molar-refractivity contribution in [3.8, 4) is 11.5 Å². The SMILES string of the molecule is CC(C)(C)c1ccc2c(c1)NC(c1ccc(C3Nc4cc(C(C)(C)C)ccc4O3)s1)O2. The Labute approximate surface area is 188 Å². The fourth-order valence-corrected chi connectivity index (χ4v) is 4.90. The molecule has 0 saturated heterocycles. The van der Waals surface area contributed by atoms with Gasteiger partial charge < -0.3 is 20.1 Å². The molecule has 2 aromatic carbocycles. The molecule has 5 heteroatoms. The molecule has 0 spiro atoms. The summed E-state index contributed by atoms with van der Waals surface area (Å²) in [5.41, 5.74) is 4.93. The van der Waals surface area contributed by atoms with Gasteiger partial charge in [-0.2, -0.15) is 0 Å². The fourth-order valence-electron chi connectivity index (χ4n) is 3.93. The van der Waals surface area contributed by atoms with E-state index in [-0.39, 0.29) is 23.3 Å². The molecule has 162 valence electrons. The van der Waals surface area contributed by atoms with Crippen LogP contribution in [0.15, 0.2) is 48.5 Å². The lowest BCUT2D eigenvalue weighted by Crippen LogP contribution is -2.11. The minimum Gasteiger partial charge on any atom is -0.463 e. The predicted octanol–water partition coefficient (Wildman–Crippen LogP) is 7.35. The fraction of sp³-hybridized carbons (Fsp3) is 0.385. The molecule has 0 saturated carbocycles. The number of rotatable bonds is 2. The van der Waals surface area contributed by atoms with Crippen LogP contribution in [0.5, 0.6) is 11.5 Å². The minimum atomic E-state index is -0.166. The zero-order valence-electron chi connectivity index (χ0n) is 19.0. The molecule has 2 aliphatic rings. The normalized spacial score (nSPS) is 19.7. The van der Waals surface area contributed by atoms with Crippen molar-refractivity contribution in [2.75, 3.05) is 10.6 Å². The van der Waals surface area contributed by atoms with Crippen molar-refractivity contribution in [1.82, 2.24) is 0 Å². The van der Waals surface area contributed by atoms with Gasteiger partial charge in [0.25, 0.3) is 0 Å². The van der Waals surface area contributed by atoms with Gasteiger partial charge in [-0.15, -0.1) is 11.3 Å². The van der Waals surface area contributed by atoms with Crippen LogP contribution >= 0.6 is 11.3 Å². The molecule has 0 fully saturated rings. The van der Waals surface area contributed by atoms with Crippen LogP contribution in [-0.2, 0) is 10.8 Å². The molecule has 2 aliphatic heterocycles. The van der Waals surface area contributed by atoms with Crippen molar-refractivity contribution in [3.05, 3.63) is 69.4 Å². The van der Waals surface area contributed by atoms with Gasteiger partial charge in [0.2, 0.25) is 12.5 Å². The topological polar surface area (TPSA) is 42.5 Å². The van der Waals surface area contributed by atoms with Crippen LogP contribution < -0.4 is 20.1 Å². The smallest absolute Gasteiger partial charge is 0.205 e. The molecule has 0 bridgehead atoms. The monoisotopic (exact) mass is 434 g/mol. The lowest BCUT2D eigenvalue weighted by Gasteiger charge is -2.19. The maximum Gasteiger partial charge on any atom is 0.205 e. The molecular formula is C26H30N2O2S. The summed E-state index contributed by atoms with van der Waals surface area (Å²) in [6.07, 6.45) is -0.333. The third kappa shape index (κ3) is 3.76. The van der Waals surface area contributed by atoms with Gasteiger partial charge in [0.05, 0.1) is 21.1 Å². The summed E-state index contributed by atoms with van der Waals surface area (Å²) >= 11 is 1.71. The molecular weight excluding hydrogens is 404 g/mol. The molecule has 5 rings (SSSR count). The van der Waals surface area contributed by atoms with E-state index in [4.69, 9.17) is 9.47 Å². The van der Waals surface area contributed by atoms with Crippen molar-refractivity contribution in [3.63, 3.8) is 0 Å². The Morgan fingerprint density at radius 1 is 0.645 bits per heavy atom. The Morgan fingerprint density at radius 3 is 1.45 bits per heavy atom. The summed E-state index contributed by atoms with van der Waals surface area (Å²) in [6, 6.07) is 17.1. The Bertz CT molecular complexity index is 1050. The number of ether oxygens (including phenoxy) is 2. The van der Waals surface area contributed by atoms with E-state index in [0.29, 0.717) is 0 Å². The van der Waals surface area contributed by atoms with Gasteiger partial charge in [0, 0.05) is 0 Å². The lowest BCUT2D eigenvalue weighted by atomic mass is 9.87. The lowest BCUT2D eigenvalue weighted by molar-refractivity contribution is 0.263. The second kappa shape index (κ2) is 6.92. The maximum atomic E-state index is 6.19. The molecule has 2 N–H and O–H groups in total. The van der Waals surface area contributed by atoms with Crippen molar-refractivity contribution >= 4 is 22.7 Å². The van der Waals surface area contributed by atoms with Gasteiger partial charge in [0.15, 0.2) is 0 Å². The molecule has 2 atom stereocenters. The Kier molecular flexibility index (Phi) is 4.52. The van der Waals surface area contributed by atoms with E-state index in [0.717, 1.165) is 32.6 Å². The van der Waals surface area contributed by atoms with Crippen LogP contribution in [0.25, 0.3) is 0 Å². The van der Waals surface area contributed by atoms with Crippen molar-refractivity contribution in [2.24, 2.45) is 0 Å². The number of nitrogens with one attached hydrogen (secondary N) is 2. The molecule has 2 unspecified atom stereocenters. The largest absolute Gasteiger partial charge is 0.463 e. The molecule has 0 amide bonds. The van der Waals surface area contributed by atoms with Crippen LogP contribution in [-0.4, -0.2) is 0 Å². The van der Waals surface area contributed by atoms with E-state index in [9.17, 15) is 0 Å². The third-order valence-corrected chi connectivity index (χ3v) is 7.09. The number of anilines is 2. The first-order valence-electron chi connectivity index (χ1n) is 10.8. The molecule has 3 aromatic rings. The number of hydrogen-bond acceptors (Lipinski definition) is 5. The number of thiophene rings is 1. The van der Waals surface area contributed by atoms with Crippen molar-refractivity contribution < 1.29 is 9.47 Å². The molecule has 0 radical (unpaired) electrons. The number of fused-ring (bicyclic) bond motifs is 2. The summed E-state index contributed by atoms with van der Waals surface area (Å²) in [5.74, 6) is 1.82. The summed E-state index contributed by atoms with van der Waals surface area (Å²) in [7, 11) is 0. The average Bonchev–Trinajstić information content (AvgIpc) is 3.41. The van der Waals surface area contributed by atoms with Gasteiger partial charge in [-0.25, -0.2) is 0 Å². The van der Waals surface area contributed by atoms with E-state index in [2.05, 4.69) is 101 Å². The quantitative estimate of drug-likeness (QED) is 0.442. The van der Waals surface area contributed by atoms with Gasteiger partial charge in [0.1, 0.15) is 11.5 Å². The highest BCUT2D eigenvalue weighted by molar-refractivity contribution is 7.12. The second-order valence-electron chi connectivity index (χ2n) is 10.4. The van der Waals surface area contributed by atoms with E-state index < -0.39 is 0 Å². The zero-order valence-corrected chi connectivity index (χ0v) is 19.8. The van der Waals surface area contributed by atoms with Gasteiger partial charge in [-0.1, -0.05) is 53.7 Å². The summed E-state index contributed by atoms with van der Waals surface area (Å²) in [6.45, 7) is 13.4. The predicted molar refractivity (Wildman–Crippen MR) is 129 cm³/mol. The highest BCUT2D eigenvalue weighted by Gasteiger charge is 2.30. The van der Waals surface area contributed by atoms with Crippen LogP contribution in [0, 0.1) is 0 Å². The average molecular weight is 435 g/mol. The first kappa shape index (κ1) is 20.3. The first-order valence-corrected chi connectivity index (χ1v) is 11.6. The summed E-state index contributed by atoms with van der Waals surface area (Å²) < 4.78 is 12.4. The second-order valence-corrected chi connectivity index (χ2v) is 11.6. The first-order chi connectivity index (χ1) is 14.6. The number of hydrogen-bond donors (Lipinski definition) is 2. The van der Waals surface area contributed by atoms with E-state index >= 15 is 0 Å². The highest BCUT2D eigenvalue weighted by atomic mass is 32.1. The molecule has 31 heavy (non-hydrogen) atoms. The maximum absolute atomic E-state index is 6.19. The van der Waals surface area contributed by atoms with Gasteiger partial charge in [-0.05, 0) is 58.4 Å². The Balaban J connectivity index is 1.32. The minimum absolute atomic E-state index is 0.109. The summed E-state index contributed by atoms with van der Waals surface area (Å²) in [4.78, 5) is 2.28. The number of benzene rings is 2. The third-order valence-electron chi connectivity index (χ3n) is 5.92. The van der Waals surface area contributed by atoms with Crippen molar-refractivity contribution in [2.45, 2.75) is 64.8 Å². The van der Waals surface area contributed by atoms with Crippen LogP contribution in [0.1, 0.15) is 74.9 Å². The van der Waals surface area contributed by atoms with Crippen LogP contribution in [0.2, 0.25) is 0 Å². The molecule has 4 nitrogen and oxygen atoms in total. The Morgan fingerprint density at radius 2 is 1.06 bits per heavy atom. The highest BCUT2D eigenvalue weighted by Crippen LogP contribution is 2.45. The zero-order chi connectivity index (χ0) is 22.0. The van der Waals surface area contributed by atoms with Crippen LogP contribution in [0.3, 0.4) is 0 Å². The standard InChI is InChI=1S/C26H30N2O2S/c1-25(2,3)15-7-9-19-17(13-15)27-23(29-19)21-11-12-22(31-21)24-28-18-14-16(26(4,5)6)8-10-20(18)30-24/h7-14,23-24,27-28H,1-6H3. The Hall–Kier alpha value is -2.66. The van der Waals surface area contributed by atoms with E-state index in [1.54, 1.807) is 11.3 Å². The van der Waals surface area contributed by atoms with Gasteiger partial charge >= 0.3 is 0 Å². The molecule has 1 aromatic heterocycles. The summed E-state index contributed by atoms with van der Waals surface area (Å²) in [5, 5.41) is 7.07. The van der Waals surface area contributed by atoms with E-state index in [1.165, 1.54) is 11.1 Å². The van der Waals surface area contributed by atoms with Crippen LogP contribution in [0.4, 0.5) is 11.4 Å².